The third-order valence-corrected chi connectivity index (χ3v) is 4.98. The molecule has 0 amide bonds. The van der Waals surface area contributed by atoms with Crippen molar-refractivity contribution in [2.75, 3.05) is 0 Å². The number of hydrogen-bond donors (Lipinski definition) is 0. The minimum atomic E-state index is 1.22. The summed E-state index contributed by atoms with van der Waals surface area (Å²) >= 11 is 0. The molecule has 0 aromatic heterocycles. The standard InChI is InChI=1S/C20H18.C7H10.C2H6/c1-4-8-16-15(5-2)17-9-6-7-10-18(17)19-12-11-14(3)13-20(16)19;1-7-5-3-2-4-6-7;1-2/h4-13H,2H2,1,3H3;3,5-6H,2,4H2,1H3;1-2H3/b8-4-;;. The van der Waals surface area contributed by atoms with Crippen LogP contribution in [-0.4, -0.2) is 0 Å². The Morgan fingerprint density at radius 2 is 1.52 bits per heavy atom. The van der Waals surface area contributed by atoms with Gasteiger partial charge in [0.15, 0.2) is 0 Å². The third-order valence-electron chi connectivity index (χ3n) is 4.98. The molecule has 0 nitrogen and oxygen atoms in total. The molecule has 0 bridgehead atoms. The van der Waals surface area contributed by atoms with E-state index in [1.54, 1.807) is 0 Å². The van der Waals surface area contributed by atoms with E-state index < -0.39 is 0 Å². The van der Waals surface area contributed by atoms with Gasteiger partial charge in [0.1, 0.15) is 0 Å². The van der Waals surface area contributed by atoms with E-state index in [4.69, 9.17) is 0 Å². The van der Waals surface area contributed by atoms with Crippen molar-refractivity contribution in [3.63, 3.8) is 0 Å². The van der Waals surface area contributed by atoms with Crippen LogP contribution < -0.4 is 0 Å². The molecule has 0 radical (unpaired) electrons. The van der Waals surface area contributed by atoms with Gasteiger partial charge in [-0.15, -0.1) is 0 Å². The van der Waals surface area contributed by atoms with Crippen LogP contribution in [0.2, 0.25) is 0 Å². The van der Waals surface area contributed by atoms with E-state index in [0.29, 0.717) is 0 Å². The first-order valence-corrected chi connectivity index (χ1v) is 10.7. The van der Waals surface area contributed by atoms with Crippen LogP contribution in [-0.2, 0) is 0 Å². The first kappa shape index (κ1) is 22.4. The molecule has 0 N–H and O–H groups in total. The molecule has 3 aromatic carbocycles. The minimum absolute atomic E-state index is 1.22. The monoisotopic (exact) mass is 382 g/mol. The zero-order chi connectivity index (χ0) is 21.2. The second-order valence-electron chi connectivity index (χ2n) is 7.05. The van der Waals surface area contributed by atoms with E-state index in [0.717, 1.165) is 0 Å². The molecule has 3 aromatic rings. The van der Waals surface area contributed by atoms with E-state index >= 15 is 0 Å². The zero-order valence-electron chi connectivity index (χ0n) is 18.6. The average Bonchev–Trinajstić information content (AvgIpc) is 2.76. The second-order valence-corrected chi connectivity index (χ2v) is 7.05. The Bertz CT molecular complexity index is 1060. The van der Waals surface area contributed by atoms with Crippen molar-refractivity contribution < 1.29 is 0 Å². The van der Waals surface area contributed by atoms with E-state index in [1.807, 2.05) is 19.9 Å². The second kappa shape index (κ2) is 11.2. The van der Waals surface area contributed by atoms with Crippen molar-refractivity contribution >= 4 is 33.7 Å². The Labute approximate surface area is 177 Å². The molecule has 0 saturated heterocycles. The predicted octanol–water partition coefficient (Wildman–Crippen LogP) is 9.29. The highest BCUT2D eigenvalue weighted by atomic mass is 14.1. The van der Waals surface area contributed by atoms with E-state index in [9.17, 15) is 0 Å². The Morgan fingerprint density at radius 3 is 2.07 bits per heavy atom. The quantitative estimate of drug-likeness (QED) is 0.387. The fourth-order valence-electron chi connectivity index (χ4n) is 3.67. The Morgan fingerprint density at radius 1 is 0.828 bits per heavy atom. The van der Waals surface area contributed by atoms with Gasteiger partial charge in [0.05, 0.1) is 0 Å². The molecule has 1 aliphatic rings. The molecule has 0 aliphatic heterocycles. The lowest BCUT2D eigenvalue weighted by atomic mass is 9.90. The minimum Gasteiger partial charge on any atom is -0.0984 e. The SMILES string of the molecule is C=Cc1c(/C=C\C)c2cc(C)ccc2c2ccccc12.CC.CC1=CCCC=C1. The summed E-state index contributed by atoms with van der Waals surface area (Å²) in [6.07, 6.45) is 15.4. The number of fused-ring (bicyclic) bond motifs is 3. The van der Waals surface area contributed by atoms with Crippen LogP contribution in [0.25, 0.3) is 33.7 Å². The van der Waals surface area contributed by atoms with Crippen LogP contribution in [0.5, 0.6) is 0 Å². The molecule has 0 heterocycles. The maximum Gasteiger partial charge on any atom is -0.00964 e. The van der Waals surface area contributed by atoms with E-state index in [1.165, 1.54) is 56.6 Å². The first-order chi connectivity index (χ1) is 14.2. The molecule has 4 rings (SSSR count). The highest BCUT2D eigenvalue weighted by Gasteiger charge is 2.10. The summed E-state index contributed by atoms with van der Waals surface area (Å²) in [6.45, 7) is 14.4. The van der Waals surface area contributed by atoms with Crippen LogP contribution >= 0.6 is 0 Å². The fourth-order valence-corrected chi connectivity index (χ4v) is 3.67. The zero-order valence-corrected chi connectivity index (χ0v) is 18.6. The molecule has 0 saturated carbocycles. The molecule has 29 heavy (non-hydrogen) atoms. The van der Waals surface area contributed by atoms with Gasteiger partial charge in [-0.25, -0.2) is 0 Å². The van der Waals surface area contributed by atoms with Crippen molar-refractivity contribution in [3.8, 4) is 0 Å². The van der Waals surface area contributed by atoms with Crippen molar-refractivity contribution in [2.45, 2.75) is 47.5 Å². The Balaban J connectivity index is 0.000000280. The normalized spacial score (nSPS) is 12.8. The fraction of sp³-hybridized carbons (Fsp3) is 0.241. The molecule has 0 heteroatoms. The molecule has 0 atom stereocenters. The maximum absolute atomic E-state index is 4.02. The summed E-state index contributed by atoms with van der Waals surface area (Å²) in [6, 6.07) is 15.2. The molecular weight excluding hydrogens is 348 g/mol. The van der Waals surface area contributed by atoms with Crippen molar-refractivity contribution in [2.24, 2.45) is 0 Å². The highest BCUT2D eigenvalue weighted by molar-refractivity contribution is 6.14. The van der Waals surface area contributed by atoms with Crippen LogP contribution in [0.15, 0.2) is 78.9 Å². The van der Waals surface area contributed by atoms with Crippen LogP contribution in [0, 0.1) is 6.92 Å². The Kier molecular flexibility index (Phi) is 8.68. The molecule has 0 fully saturated rings. The lowest BCUT2D eigenvalue weighted by Crippen LogP contribution is -1.89. The smallest absolute Gasteiger partial charge is 0.00964 e. The summed E-state index contributed by atoms with van der Waals surface area (Å²) in [5.74, 6) is 0. The summed E-state index contributed by atoms with van der Waals surface area (Å²) in [5.41, 5.74) is 5.18. The number of aryl methyl sites for hydroxylation is 1. The summed E-state index contributed by atoms with van der Waals surface area (Å²) < 4.78 is 0. The van der Waals surface area contributed by atoms with Crippen LogP contribution in [0.4, 0.5) is 0 Å². The lowest BCUT2D eigenvalue weighted by Gasteiger charge is -2.13. The molecule has 1 aliphatic carbocycles. The van der Waals surface area contributed by atoms with Crippen LogP contribution in [0.1, 0.15) is 57.2 Å². The molecule has 0 unspecified atom stereocenters. The topological polar surface area (TPSA) is 0 Å². The van der Waals surface area contributed by atoms with Gasteiger partial charge in [-0.1, -0.05) is 110 Å². The van der Waals surface area contributed by atoms with Gasteiger partial charge in [-0.2, -0.15) is 0 Å². The number of allylic oxidation sites excluding steroid dienone is 5. The van der Waals surface area contributed by atoms with Crippen molar-refractivity contribution in [1.29, 1.82) is 0 Å². The van der Waals surface area contributed by atoms with Gasteiger partial charge in [0.2, 0.25) is 0 Å². The maximum atomic E-state index is 4.02. The van der Waals surface area contributed by atoms with Gasteiger partial charge in [-0.3, -0.25) is 0 Å². The molecule has 0 spiro atoms. The van der Waals surface area contributed by atoms with E-state index in [2.05, 4.69) is 100 Å². The lowest BCUT2D eigenvalue weighted by molar-refractivity contribution is 1.02. The van der Waals surface area contributed by atoms with Crippen molar-refractivity contribution in [3.05, 3.63) is 95.6 Å². The first-order valence-electron chi connectivity index (χ1n) is 10.7. The van der Waals surface area contributed by atoms with Crippen molar-refractivity contribution in [1.82, 2.24) is 0 Å². The third kappa shape index (κ3) is 5.35. The van der Waals surface area contributed by atoms with Gasteiger partial charge in [0.25, 0.3) is 0 Å². The number of rotatable bonds is 2. The number of benzene rings is 3. The Hall–Kier alpha value is -2.86. The summed E-state index contributed by atoms with van der Waals surface area (Å²) in [5, 5.41) is 5.18. The summed E-state index contributed by atoms with van der Waals surface area (Å²) in [7, 11) is 0. The average molecular weight is 383 g/mol. The van der Waals surface area contributed by atoms with Crippen LogP contribution in [0.3, 0.4) is 0 Å². The summed E-state index contributed by atoms with van der Waals surface area (Å²) in [4.78, 5) is 0. The van der Waals surface area contributed by atoms with Gasteiger partial charge in [-0.05, 0) is 66.3 Å². The number of hydrogen-bond acceptors (Lipinski definition) is 0. The van der Waals surface area contributed by atoms with E-state index in [-0.39, 0.29) is 0 Å². The van der Waals surface area contributed by atoms with Gasteiger partial charge < -0.3 is 0 Å². The highest BCUT2D eigenvalue weighted by Crippen LogP contribution is 2.34. The predicted molar refractivity (Wildman–Crippen MR) is 134 cm³/mol. The van der Waals surface area contributed by atoms with Gasteiger partial charge in [0, 0.05) is 0 Å². The van der Waals surface area contributed by atoms with Gasteiger partial charge >= 0.3 is 0 Å². The molecule has 150 valence electrons. The molecular formula is C29H34. The largest absolute Gasteiger partial charge is 0.0984 e.